The summed E-state index contributed by atoms with van der Waals surface area (Å²) in [6.45, 7) is 2.06. The van der Waals surface area contributed by atoms with Crippen molar-refractivity contribution in [3.8, 4) is 16.3 Å². The fraction of sp³-hybridized carbons (Fsp3) is 0.217. The fourth-order valence-corrected chi connectivity index (χ4v) is 3.80. The fourth-order valence-electron chi connectivity index (χ4n) is 2.89. The van der Waals surface area contributed by atoms with Gasteiger partial charge in [0.2, 0.25) is 0 Å². The number of aliphatic imine (C=N–C) groups is 1. The molecule has 0 radical (unpaired) electrons. The van der Waals surface area contributed by atoms with E-state index in [1.54, 1.807) is 31.5 Å². The number of thiazole rings is 1. The third-order valence-electron chi connectivity index (χ3n) is 4.54. The van der Waals surface area contributed by atoms with E-state index in [1.165, 1.54) is 36.9 Å². The van der Waals surface area contributed by atoms with Gasteiger partial charge in [-0.3, -0.25) is 9.98 Å². The Bertz CT molecular complexity index is 1210. The molecule has 178 valence electrons. The first-order chi connectivity index (χ1) is 16.2. The van der Waals surface area contributed by atoms with E-state index >= 15 is 0 Å². The molecule has 0 unspecified atom stereocenters. The first-order valence-corrected chi connectivity index (χ1v) is 10.8. The van der Waals surface area contributed by atoms with Gasteiger partial charge in [0.25, 0.3) is 0 Å². The van der Waals surface area contributed by atoms with Crippen LogP contribution in [0.4, 0.5) is 13.2 Å². The number of carboxylic acid groups (broad SMARTS) is 1. The van der Waals surface area contributed by atoms with Crippen LogP contribution in [0.3, 0.4) is 0 Å². The summed E-state index contributed by atoms with van der Waals surface area (Å²) in [6.07, 6.45) is 1.11. The number of nitrogens with one attached hydrogen (secondary N) is 1. The lowest BCUT2D eigenvalue weighted by molar-refractivity contribution is -0.137. The number of carboxylic acids is 1. The molecule has 0 atom stereocenters. The lowest BCUT2D eigenvalue weighted by atomic mass is 10.1. The number of aryl methyl sites for hydroxylation is 1. The largest absolute Gasteiger partial charge is 0.489 e. The highest BCUT2D eigenvalue weighted by Crippen LogP contribution is 2.37. The monoisotopic (exact) mass is 490 g/mol. The average molecular weight is 491 g/mol. The predicted octanol–water partition coefficient (Wildman–Crippen LogP) is 4.87. The van der Waals surface area contributed by atoms with Crippen LogP contribution >= 0.6 is 11.3 Å². The van der Waals surface area contributed by atoms with Crippen molar-refractivity contribution >= 4 is 23.5 Å². The number of halogens is 3. The molecule has 2 N–H and O–H groups in total. The quantitative estimate of drug-likeness (QED) is 0.328. The van der Waals surface area contributed by atoms with Gasteiger partial charge in [-0.25, -0.2) is 9.78 Å². The molecular formula is C23H21F3N4O3S. The maximum atomic E-state index is 13.5. The van der Waals surface area contributed by atoms with Crippen molar-refractivity contribution in [2.75, 3.05) is 7.05 Å². The Kier molecular flexibility index (Phi) is 8.00. The van der Waals surface area contributed by atoms with Crippen LogP contribution in [-0.4, -0.2) is 34.3 Å². The smallest absolute Gasteiger partial charge is 0.416 e. The van der Waals surface area contributed by atoms with Gasteiger partial charge in [-0.2, -0.15) is 13.2 Å². The molecule has 2 aromatic heterocycles. The van der Waals surface area contributed by atoms with E-state index < -0.39 is 17.7 Å². The van der Waals surface area contributed by atoms with Crippen molar-refractivity contribution in [2.45, 2.75) is 26.3 Å². The summed E-state index contributed by atoms with van der Waals surface area (Å²) >= 11 is 1.24. The van der Waals surface area contributed by atoms with Crippen molar-refractivity contribution in [1.29, 1.82) is 0 Å². The number of nitrogens with zero attached hydrogens (tertiary/aromatic N) is 3. The normalized spacial score (nSPS) is 12.2. The van der Waals surface area contributed by atoms with Gasteiger partial charge in [-0.15, -0.1) is 11.3 Å². The third-order valence-corrected chi connectivity index (χ3v) is 5.61. The molecule has 0 aliphatic heterocycles. The maximum absolute atomic E-state index is 13.5. The Morgan fingerprint density at radius 2 is 2.12 bits per heavy atom. The molecule has 0 spiro atoms. The van der Waals surface area contributed by atoms with Gasteiger partial charge in [0.15, 0.2) is 0 Å². The number of aliphatic carboxylic acids is 1. The van der Waals surface area contributed by atoms with Gasteiger partial charge in [0.05, 0.1) is 23.4 Å². The number of pyridine rings is 1. The minimum absolute atomic E-state index is 0.0381. The van der Waals surface area contributed by atoms with Crippen LogP contribution in [0.2, 0.25) is 0 Å². The van der Waals surface area contributed by atoms with Crippen LogP contribution in [0.25, 0.3) is 10.6 Å². The first kappa shape index (κ1) is 24.9. The second kappa shape index (κ2) is 10.9. The highest BCUT2D eigenvalue weighted by molar-refractivity contribution is 7.15. The van der Waals surface area contributed by atoms with E-state index in [2.05, 4.69) is 20.3 Å². The Hall–Kier alpha value is -3.73. The van der Waals surface area contributed by atoms with E-state index in [0.29, 0.717) is 10.7 Å². The average Bonchev–Trinajstić information content (AvgIpc) is 3.17. The highest BCUT2D eigenvalue weighted by atomic mass is 32.1. The topological polar surface area (TPSA) is 96.7 Å². The molecule has 0 fully saturated rings. The molecule has 0 bridgehead atoms. The van der Waals surface area contributed by atoms with Gasteiger partial charge in [0.1, 0.15) is 17.4 Å². The molecule has 3 rings (SSSR count). The zero-order chi connectivity index (χ0) is 24.7. The SMILES string of the molecule is CN=C/C(=C\NCc1nc(-c2cc(OCc3cccnc3)cc(C(F)(F)F)c2)sc1C)C(=O)O. The summed E-state index contributed by atoms with van der Waals surface area (Å²) in [5, 5.41) is 12.4. The van der Waals surface area contributed by atoms with Gasteiger partial charge >= 0.3 is 12.1 Å². The van der Waals surface area contributed by atoms with Crippen molar-refractivity contribution in [2.24, 2.45) is 4.99 Å². The molecule has 0 amide bonds. The van der Waals surface area contributed by atoms with Crippen LogP contribution in [0.1, 0.15) is 21.7 Å². The molecule has 1 aromatic carbocycles. The van der Waals surface area contributed by atoms with Gasteiger partial charge < -0.3 is 15.2 Å². The van der Waals surface area contributed by atoms with Crippen molar-refractivity contribution in [3.63, 3.8) is 0 Å². The molecule has 0 aliphatic carbocycles. The highest BCUT2D eigenvalue weighted by Gasteiger charge is 2.32. The zero-order valence-electron chi connectivity index (χ0n) is 18.3. The van der Waals surface area contributed by atoms with Crippen molar-refractivity contribution in [3.05, 3.63) is 76.2 Å². The Morgan fingerprint density at radius 3 is 2.76 bits per heavy atom. The van der Waals surface area contributed by atoms with Crippen LogP contribution < -0.4 is 10.1 Å². The number of ether oxygens (including phenoxy) is 1. The molecule has 2 heterocycles. The molecule has 7 nitrogen and oxygen atoms in total. The summed E-state index contributed by atoms with van der Waals surface area (Å²) < 4.78 is 46.2. The van der Waals surface area contributed by atoms with Gasteiger partial charge in [-0.05, 0) is 31.2 Å². The number of hydrogen-bond donors (Lipinski definition) is 2. The Balaban J connectivity index is 1.85. The minimum atomic E-state index is -4.56. The van der Waals surface area contributed by atoms with Crippen molar-refractivity contribution in [1.82, 2.24) is 15.3 Å². The maximum Gasteiger partial charge on any atom is 0.416 e. The minimum Gasteiger partial charge on any atom is -0.489 e. The van der Waals surface area contributed by atoms with Crippen LogP contribution in [0.15, 0.2) is 59.5 Å². The van der Waals surface area contributed by atoms with Crippen molar-refractivity contribution < 1.29 is 27.8 Å². The Morgan fingerprint density at radius 1 is 1.32 bits per heavy atom. The lowest BCUT2D eigenvalue weighted by Crippen LogP contribution is -2.11. The number of aromatic nitrogens is 2. The molecule has 0 saturated carbocycles. The molecule has 3 aromatic rings. The second-order valence-corrected chi connectivity index (χ2v) is 8.29. The predicted molar refractivity (Wildman–Crippen MR) is 123 cm³/mol. The van der Waals surface area contributed by atoms with Crippen LogP contribution in [0, 0.1) is 6.92 Å². The van der Waals surface area contributed by atoms with Crippen LogP contribution in [0.5, 0.6) is 5.75 Å². The molecule has 0 saturated heterocycles. The molecule has 0 aliphatic rings. The summed E-state index contributed by atoms with van der Waals surface area (Å²) in [4.78, 5) is 24.1. The van der Waals surface area contributed by atoms with E-state index in [0.717, 1.165) is 22.6 Å². The van der Waals surface area contributed by atoms with Gasteiger partial charge in [-0.1, -0.05) is 6.07 Å². The summed E-state index contributed by atoms with van der Waals surface area (Å²) in [7, 11) is 1.46. The standard InChI is InChI=1S/C23H21F3N4O3S/c1-14-20(12-29-11-17(10-27-2)22(31)32)30-21(34-14)16-6-18(23(24,25)26)8-19(7-16)33-13-15-4-3-5-28-9-15/h3-11,29H,12-13H2,1-2H3,(H,31,32)/b17-11+,27-10?. The summed E-state index contributed by atoms with van der Waals surface area (Å²) in [5.41, 5.74) is 0.706. The summed E-state index contributed by atoms with van der Waals surface area (Å²) in [5.74, 6) is -1.08. The summed E-state index contributed by atoms with van der Waals surface area (Å²) in [6, 6.07) is 6.99. The van der Waals surface area contributed by atoms with Gasteiger partial charge in [0, 0.05) is 47.9 Å². The number of carbonyl (C=O) groups is 1. The van der Waals surface area contributed by atoms with E-state index in [1.807, 2.05) is 0 Å². The number of hydrogen-bond acceptors (Lipinski definition) is 7. The van der Waals surface area contributed by atoms with E-state index in [-0.39, 0.29) is 30.0 Å². The second-order valence-electron chi connectivity index (χ2n) is 7.09. The third kappa shape index (κ3) is 6.64. The lowest BCUT2D eigenvalue weighted by Gasteiger charge is -2.12. The van der Waals surface area contributed by atoms with Crippen LogP contribution in [-0.2, 0) is 24.1 Å². The number of rotatable bonds is 9. The number of benzene rings is 1. The zero-order valence-corrected chi connectivity index (χ0v) is 19.1. The van der Waals surface area contributed by atoms with E-state index in [9.17, 15) is 18.0 Å². The number of alkyl halides is 3. The molecule has 34 heavy (non-hydrogen) atoms. The Labute approximate surface area is 197 Å². The van der Waals surface area contributed by atoms with E-state index in [4.69, 9.17) is 9.84 Å². The molecular weight excluding hydrogens is 469 g/mol. The molecule has 11 heteroatoms. The first-order valence-electron chi connectivity index (χ1n) is 9.97.